The predicted molar refractivity (Wildman–Crippen MR) is 68.9 cm³/mol. The molecule has 1 rings (SSSR count). The maximum atomic E-state index is 11.5. The number of ether oxygens (including phenoxy) is 1. The van der Waals surface area contributed by atoms with Gasteiger partial charge in [-0.1, -0.05) is 6.07 Å². The van der Waals surface area contributed by atoms with Gasteiger partial charge in [0.1, 0.15) is 5.60 Å². The molecule has 4 nitrogen and oxygen atoms in total. The molecule has 0 saturated carbocycles. The average Bonchev–Trinajstić information content (AvgIpc) is 2.18. The molecule has 0 aliphatic rings. The molecule has 4 heteroatoms. The van der Waals surface area contributed by atoms with Gasteiger partial charge in [-0.15, -0.1) is 0 Å². The Morgan fingerprint density at radius 1 is 1.41 bits per heavy atom. The Bertz CT molecular complexity index is 434. The molecule has 0 bridgehead atoms. The lowest BCUT2D eigenvalue weighted by Gasteiger charge is -2.19. The van der Waals surface area contributed by atoms with E-state index in [4.69, 9.17) is 10.1 Å². The van der Waals surface area contributed by atoms with Crippen molar-refractivity contribution in [3.05, 3.63) is 29.3 Å². The Hall–Kier alpha value is -1.84. The highest BCUT2D eigenvalue weighted by atomic mass is 16.6. The van der Waals surface area contributed by atoms with Crippen LogP contribution in [0.5, 0.6) is 0 Å². The largest absolute Gasteiger partial charge is 0.444 e. The minimum absolute atomic E-state index is 0.489. The molecule has 0 atom stereocenters. The van der Waals surface area contributed by atoms with Crippen LogP contribution in [0, 0.1) is 12.3 Å². The summed E-state index contributed by atoms with van der Waals surface area (Å²) >= 11 is 0. The quantitative estimate of drug-likeness (QED) is 0.771. The first-order valence-corrected chi connectivity index (χ1v) is 5.43. The van der Waals surface area contributed by atoms with Crippen molar-refractivity contribution in [1.29, 1.82) is 5.41 Å². The van der Waals surface area contributed by atoms with Gasteiger partial charge in [0, 0.05) is 11.9 Å². The van der Waals surface area contributed by atoms with Crippen molar-refractivity contribution in [2.24, 2.45) is 0 Å². The van der Waals surface area contributed by atoms with Gasteiger partial charge in [0.25, 0.3) is 0 Å². The summed E-state index contributed by atoms with van der Waals surface area (Å²) in [5.41, 5.74) is 1.88. The first-order valence-electron chi connectivity index (χ1n) is 5.43. The molecule has 0 unspecified atom stereocenters. The van der Waals surface area contributed by atoms with E-state index in [-0.39, 0.29) is 0 Å². The van der Waals surface area contributed by atoms with Gasteiger partial charge in [-0.3, -0.25) is 5.32 Å². The predicted octanol–water partition coefficient (Wildman–Crippen LogP) is 3.34. The molecule has 17 heavy (non-hydrogen) atoms. The van der Waals surface area contributed by atoms with Crippen LogP contribution in [-0.2, 0) is 4.74 Å². The molecule has 0 saturated heterocycles. The Balaban J connectivity index is 2.75. The Labute approximate surface area is 101 Å². The standard InChI is InChI=1S/C13H18N2O2/c1-9-5-6-11(7-10(9)8-14)15-12(16)17-13(2,3)4/h5-8,14H,1-4H3,(H,15,16). The molecule has 1 aromatic rings. The van der Waals surface area contributed by atoms with Gasteiger partial charge in [0.05, 0.1) is 0 Å². The molecule has 1 aromatic carbocycles. The Morgan fingerprint density at radius 2 is 2.06 bits per heavy atom. The highest BCUT2D eigenvalue weighted by Gasteiger charge is 2.16. The molecule has 0 heterocycles. The van der Waals surface area contributed by atoms with Crippen LogP contribution in [-0.4, -0.2) is 17.9 Å². The van der Waals surface area contributed by atoms with E-state index in [0.29, 0.717) is 5.69 Å². The van der Waals surface area contributed by atoms with Crippen molar-refractivity contribution in [2.45, 2.75) is 33.3 Å². The van der Waals surface area contributed by atoms with Crippen LogP contribution in [0.1, 0.15) is 31.9 Å². The normalized spacial score (nSPS) is 10.8. The zero-order valence-corrected chi connectivity index (χ0v) is 10.6. The lowest BCUT2D eigenvalue weighted by Crippen LogP contribution is -2.27. The van der Waals surface area contributed by atoms with Crippen molar-refractivity contribution in [3.63, 3.8) is 0 Å². The third kappa shape index (κ3) is 4.26. The number of amides is 1. The molecule has 0 spiro atoms. The molecule has 0 radical (unpaired) electrons. The fourth-order valence-electron chi connectivity index (χ4n) is 1.30. The second-order valence-electron chi connectivity index (χ2n) is 4.84. The molecule has 1 amide bonds. The zero-order valence-electron chi connectivity index (χ0n) is 10.6. The molecule has 0 aromatic heterocycles. The minimum atomic E-state index is -0.515. The maximum absolute atomic E-state index is 11.5. The smallest absolute Gasteiger partial charge is 0.412 e. The van der Waals surface area contributed by atoms with Crippen LogP contribution >= 0.6 is 0 Å². The van der Waals surface area contributed by atoms with E-state index in [2.05, 4.69) is 5.32 Å². The fraction of sp³-hybridized carbons (Fsp3) is 0.385. The van der Waals surface area contributed by atoms with Gasteiger partial charge < -0.3 is 10.1 Å². The van der Waals surface area contributed by atoms with E-state index in [1.807, 2.05) is 33.8 Å². The van der Waals surface area contributed by atoms with E-state index in [1.165, 1.54) is 6.21 Å². The van der Waals surface area contributed by atoms with Gasteiger partial charge >= 0.3 is 6.09 Å². The average molecular weight is 234 g/mol. The summed E-state index contributed by atoms with van der Waals surface area (Å²) in [7, 11) is 0. The summed E-state index contributed by atoms with van der Waals surface area (Å²) in [6, 6.07) is 5.38. The number of hydrogen-bond acceptors (Lipinski definition) is 3. The van der Waals surface area contributed by atoms with E-state index >= 15 is 0 Å². The second kappa shape index (κ2) is 4.99. The van der Waals surface area contributed by atoms with Crippen LogP contribution in [0.3, 0.4) is 0 Å². The van der Waals surface area contributed by atoms with Crippen LogP contribution in [0.15, 0.2) is 18.2 Å². The second-order valence-corrected chi connectivity index (χ2v) is 4.84. The molecule has 92 valence electrons. The number of carbonyl (C=O) groups excluding carboxylic acids is 1. The van der Waals surface area contributed by atoms with Gasteiger partial charge in [-0.2, -0.15) is 0 Å². The number of carbonyl (C=O) groups is 1. The molecule has 0 aliphatic carbocycles. The third-order valence-corrected chi connectivity index (χ3v) is 2.08. The van der Waals surface area contributed by atoms with Crippen molar-refractivity contribution in [3.8, 4) is 0 Å². The van der Waals surface area contributed by atoms with Crippen molar-refractivity contribution in [1.82, 2.24) is 0 Å². The number of benzene rings is 1. The number of hydrogen-bond donors (Lipinski definition) is 2. The monoisotopic (exact) mass is 234 g/mol. The number of rotatable bonds is 2. The number of aryl methyl sites for hydroxylation is 1. The lowest BCUT2D eigenvalue weighted by atomic mass is 10.1. The summed E-state index contributed by atoms with van der Waals surface area (Å²) < 4.78 is 5.14. The van der Waals surface area contributed by atoms with Crippen molar-refractivity contribution >= 4 is 18.0 Å². The Morgan fingerprint density at radius 3 is 2.59 bits per heavy atom. The number of nitrogens with one attached hydrogen (secondary N) is 2. The zero-order chi connectivity index (χ0) is 13.1. The van der Waals surface area contributed by atoms with Crippen molar-refractivity contribution in [2.75, 3.05) is 5.32 Å². The van der Waals surface area contributed by atoms with E-state index in [9.17, 15) is 4.79 Å². The fourth-order valence-corrected chi connectivity index (χ4v) is 1.30. The van der Waals surface area contributed by atoms with Gasteiger partial charge in [-0.25, -0.2) is 4.79 Å². The first kappa shape index (κ1) is 13.2. The molecule has 2 N–H and O–H groups in total. The van der Waals surface area contributed by atoms with Gasteiger partial charge in [0.2, 0.25) is 0 Å². The van der Waals surface area contributed by atoms with E-state index in [0.717, 1.165) is 11.1 Å². The third-order valence-electron chi connectivity index (χ3n) is 2.08. The molecular weight excluding hydrogens is 216 g/mol. The SMILES string of the molecule is Cc1ccc(NC(=O)OC(C)(C)C)cc1C=N. The topological polar surface area (TPSA) is 62.2 Å². The molecular formula is C13H18N2O2. The summed E-state index contributed by atoms with van der Waals surface area (Å²) in [5.74, 6) is 0. The highest BCUT2D eigenvalue weighted by molar-refractivity contribution is 5.88. The maximum Gasteiger partial charge on any atom is 0.412 e. The Kier molecular flexibility index (Phi) is 3.89. The van der Waals surface area contributed by atoms with Crippen LogP contribution in [0.4, 0.5) is 10.5 Å². The molecule has 0 fully saturated rings. The van der Waals surface area contributed by atoms with Crippen LogP contribution < -0.4 is 5.32 Å². The van der Waals surface area contributed by atoms with Gasteiger partial charge in [0.15, 0.2) is 0 Å². The van der Waals surface area contributed by atoms with E-state index in [1.54, 1.807) is 12.1 Å². The summed E-state index contributed by atoms with van der Waals surface area (Å²) in [6.07, 6.45) is 0.771. The van der Waals surface area contributed by atoms with Crippen LogP contribution in [0.25, 0.3) is 0 Å². The van der Waals surface area contributed by atoms with Gasteiger partial charge in [-0.05, 0) is 51.0 Å². The summed E-state index contributed by atoms with van der Waals surface area (Å²) in [6.45, 7) is 7.35. The minimum Gasteiger partial charge on any atom is -0.444 e. The first-order chi connectivity index (χ1) is 7.81. The van der Waals surface area contributed by atoms with Crippen molar-refractivity contribution < 1.29 is 9.53 Å². The van der Waals surface area contributed by atoms with E-state index < -0.39 is 11.7 Å². The van der Waals surface area contributed by atoms with Crippen LogP contribution in [0.2, 0.25) is 0 Å². The lowest BCUT2D eigenvalue weighted by molar-refractivity contribution is 0.0636. The summed E-state index contributed by atoms with van der Waals surface area (Å²) in [4.78, 5) is 11.5. The number of anilines is 1. The highest BCUT2D eigenvalue weighted by Crippen LogP contribution is 2.15. The molecule has 0 aliphatic heterocycles. The summed E-state index contributed by atoms with van der Waals surface area (Å²) in [5, 5.41) is 9.87.